The molecule has 1 aromatic heterocycles. The zero-order chi connectivity index (χ0) is 27.2. The van der Waals surface area contributed by atoms with Crippen molar-refractivity contribution in [3.8, 4) is 11.4 Å². The van der Waals surface area contributed by atoms with Crippen LogP contribution in [0.2, 0.25) is 0 Å². The van der Waals surface area contributed by atoms with Gasteiger partial charge in [0.25, 0.3) is 5.91 Å². The van der Waals surface area contributed by atoms with Crippen molar-refractivity contribution in [2.24, 2.45) is 0 Å². The van der Waals surface area contributed by atoms with E-state index in [1.807, 2.05) is 41.2 Å². The summed E-state index contributed by atoms with van der Waals surface area (Å²) in [6, 6.07) is 6.07. The average molecular weight is 520 g/mol. The van der Waals surface area contributed by atoms with E-state index >= 15 is 0 Å². The number of likely N-dealkylation sites (N-methyl/N-ethyl adjacent to an activating group) is 1. The molecule has 0 radical (unpaired) electrons. The predicted octanol–water partition coefficient (Wildman–Crippen LogP) is 2.73. The van der Waals surface area contributed by atoms with Crippen LogP contribution < -0.4 is 15.5 Å². The summed E-state index contributed by atoms with van der Waals surface area (Å²) >= 11 is 0. The molecule has 1 aromatic carbocycles. The summed E-state index contributed by atoms with van der Waals surface area (Å²) in [5.74, 6) is 0.737. The number of hydrazine groups is 1. The summed E-state index contributed by atoms with van der Waals surface area (Å²) in [5.41, 5.74) is 4.96. The molecule has 2 amide bonds. The Bertz CT molecular complexity index is 1260. The van der Waals surface area contributed by atoms with Crippen molar-refractivity contribution in [2.75, 3.05) is 44.7 Å². The highest BCUT2D eigenvalue weighted by molar-refractivity contribution is 5.87. The van der Waals surface area contributed by atoms with E-state index in [1.54, 1.807) is 19.0 Å². The fourth-order valence-electron chi connectivity index (χ4n) is 4.49. The number of rotatable bonds is 11. The molecule has 0 saturated carbocycles. The standard InChI is InChI=1S/C28H37N7O3/c1-19(2)29-12-13-30-26(36)17-34(25-11-10-22(14-20(25)3)28-31-21(4)38-32-28)18-27(37)33(5)35-15-23-8-6-7-9-24(23)16-35/h6-8,10-11,14,16,19,29H,9,12-13,15,17-18H2,1-5H3,(H,30,36). The summed E-state index contributed by atoms with van der Waals surface area (Å²) in [4.78, 5) is 32.4. The van der Waals surface area contributed by atoms with Crippen LogP contribution in [0.15, 0.2) is 58.3 Å². The number of carbonyl (C=O) groups excluding carboxylic acids is 2. The summed E-state index contributed by atoms with van der Waals surface area (Å²) < 4.78 is 5.12. The van der Waals surface area contributed by atoms with E-state index in [9.17, 15) is 9.59 Å². The molecular weight excluding hydrogens is 482 g/mol. The molecule has 2 aromatic rings. The Morgan fingerprint density at radius 1 is 1.16 bits per heavy atom. The van der Waals surface area contributed by atoms with Crippen LogP contribution in [0.5, 0.6) is 0 Å². The molecule has 1 aliphatic heterocycles. The lowest BCUT2D eigenvalue weighted by molar-refractivity contribution is -0.139. The fraction of sp³-hybridized carbons (Fsp3) is 0.429. The molecule has 0 fully saturated rings. The monoisotopic (exact) mass is 519 g/mol. The minimum absolute atomic E-state index is 0.0483. The molecule has 38 heavy (non-hydrogen) atoms. The first kappa shape index (κ1) is 27.1. The summed E-state index contributed by atoms with van der Waals surface area (Å²) in [6.07, 6.45) is 9.15. The van der Waals surface area contributed by atoms with Crippen LogP contribution in [-0.2, 0) is 9.59 Å². The third kappa shape index (κ3) is 6.69. The molecule has 10 heteroatoms. The summed E-state index contributed by atoms with van der Waals surface area (Å²) in [6.45, 7) is 9.77. The summed E-state index contributed by atoms with van der Waals surface area (Å²) in [5, 5.41) is 13.8. The van der Waals surface area contributed by atoms with Crippen LogP contribution >= 0.6 is 0 Å². The number of hydrogen-bond donors (Lipinski definition) is 2. The van der Waals surface area contributed by atoms with Gasteiger partial charge in [0, 0.05) is 50.6 Å². The fourth-order valence-corrected chi connectivity index (χ4v) is 4.49. The predicted molar refractivity (Wildman–Crippen MR) is 147 cm³/mol. The van der Waals surface area contributed by atoms with Crippen molar-refractivity contribution in [1.29, 1.82) is 0 Å². The van der Waals surface area contributed by atoms with Crippen molar-refractivity contribution >= 4 is 17.5 Å². The second-order valence-corrected chi connectivity index (χ2v) is 9.95. The number of fused-ring (bicyclic) bond motifs is 1. The van der Waals surface area contributed by atoms with Crippen LogP contribution in [0.1, 0.15) is 31.7 Å². The van der Waals surface area contributed by atoms with E-state index in [1.165, 1.54) is 11.1 Å². The van der Waals surface area contributed by atoms with Crippen LogP contribution in [0, 0.1) is 13.8 Å². The number of carbonyl (C=O) groups is 2. The first-order valence-corrected chi connectivity index (χ1v) is 13.0. The topological polar surface area (TPSA) is 107 Å². The number of hydrogen-bond acceptors (Lipinski definition) is 8. The zero-order valence-corrected chi connectivity index (χ0v) is 22.8. The third-order valence-electron chi connectivity index (χ3n) is 6.55. The van der Waals surface area contributed by atoms with E-state index in [-0.39, 0.29) is 24.9 Å². The number of nitrogens with one attached hydrogen (secondary N) is 2. The van der Waals surface area contributed by atoms with Crippen molar-refractivity contribution in [1.82, 2.24) is 30.8 Å². The number of benzene rings is 1. The smallest absolute Gasteiger partial charge is 0.260 e. The Labute approximate surface area is 224 Å². The highest BCUT2D eigenvalue weighted by Gasteiger charge is 2.26. The second kappa shape index (κ2) is 12.1. The number of aromatic nitrogens is 2. The molecular formula is C28H37N7O3. The van der Waals surface area contributed by atoms with Crippen LogP contribution in [0.4, 0.5) is 5.69 Å². The van der Waals surface area contributed by atoms with Gasteiger partial charge < -0.3 is 20.1 Å². The van der Waals surface area contributed by atoms with Crippen molar-refractivity contribution < 1.29 is 14.1 Å². The lowest BCUT2D eigenvalue weighted by Gasteiger charge is -2.32. The highest BCUT2D eigenvalue weighted by Crippen LogP contribution is 2.29. The molecule has 4 rings (SSSR count). The molecule has 2 aliphatic rings. The number of nitrogens with zero attached hydrogens (tertiary/aromatic N) is 5. The van der Waals surface area contributed by atoms with Crippen LogP contribution in [0.25, 0.3) is 11.4 Å². The minimum atomic E-state index is -0.145. The van der Waals surface area contributed by atoms with Gasteiger partial charge in [-0.1, -0.05) is 37.2 Å². The van der Waals surface area contributed by atoms with E-state index < -0.39 is 0 Å². The maximum atomic E-state index is 13.4. The number of amides is 2. The molecule has 0 atom stereocenters. The van der Waals surface area contributed by atoms with Gasteiger partial charge in [-0.2, -0.15) is 4.98 Å². The van der Waals surface area contributed by atoms with E-state index in [4.69, 9.17) is 4.52 Å². The average Bonchev–Trinajstić information content (AvgIpc) is 3.52. The van der Waals surface area contributed by atoms with Crippen LogP contribution in [0.3, 0.4) is 0 Å². The lowest BCUT2D eigenvalue weighted by atomic mass is 10.0. The Kier molecular flexibility index (Phi) is 8.62. The maximum Gasteiger partial charge on any atom is 0.260 e. The van der Waals surface area contributed by atoms with Gasteiger partial charge in [-0.05, 0) is 48.3 Å². The zero-order valence-electron chi connectivity index (χ0n) is 22.8. The van der Waals surface area contributed by atoms with Gasteiger partial charge in [0.05, 0.1) is 19.6 Å². The second-order valence-electron chi connectivity index (χ2n) is 9.95. The van der Waals surface area contributed by atoms with Crippen molar-refractivity contribution in [3.63, 3.8) is 0 Å². The first-order chi connectivity index (χ1) is 18.2. The van der Waals surface area contributed by atoms with E-state index in [0.29, 0.717) is 37.4 Å². The Balaban J connectivity index is 1.49. The number of anilines is 1. The molecule has 2 N–H and O–H groups in total. The molecule has 0 saturated heterocycles. The van der Waals surface area contributed by atoms with Gasteiger partial charge >= 0.3 is 0 Å². The Hall–Kier alpha value is -3.92. The quantitative estimate of drug-likeness (QED) is 0.437. The molecule has 0 unspecified atom stereocenters. The van der Waals surface area contributed by atoms with Gasteiger partial charge in [0.15, 0.2) is 0 Å². The molecule has 0 spiro atoms. The van der Waals surface area contributed by atoms with Gasteiger partial charge in [0.1, 0.15) is 0 Å². The van der Waals surface area contributed by atoms with E-state index in [0.717, 1.165) is 23.2 Å². The van der Waals surface area contributed by atoms with Crippen molar-refractivity contribution in [3.05, 3.63) is 65.2 Å². The van der Waals surface area contributed by atoms with Gasteiger partial charge in [0.2, 0.25) is 17.6 Å². The van der Waals surface area contributed by atoms with Gasteiger partial charge in [-0.3, -0.25) is 19.6 Å². The maximum absolute atomic E-state index is 13.4. The lowest BCUT2D eigenvalue weighted by Crippen LogP contribution is -2.48. The number of aryl methyl sites for hydroxylation is 2. The SMILES string of the molecule is Cc1nc(-c2ccc(N(CC(=O)NCCNC(C)C)CC(=O)N(C)N3C=C4CC=CC=C4C3)c(C)c2)no1. The summed E-state index contributed by atoms with van der Waals surface area (Å²) in [7, 11) is 1.77. The Morgan fingerprint density at radius 2 is 1.97 bits per heavy atom. The van der Waals surface area contributed by atoms with E-state index in [2.05, 4.69) is 52.8 Å². The normalized spacial score (nSPS) is 14.3. The molecule has 0 bridgehead atoms. The molecule has 1 aliphatic carbocycles. The minimum Gasteiger partial charge on any atom is -0.353 e. The van der Waals surface area contributed by atoms with Gasteiger partial charge in [-0.25, -0.2) is 0 Å². The molecule has 10 nitrogen and oxygen atoms in total. The first-order valence-electron chi connectivity index (χ1n) is 13.0. The third-order valence-corrected chi connectivity index (χ3v) is 6.55. The molecule has 202 valence electrons. The number of allylic oxidation sites excluding steroid dienone is 3. The Morgan fingerprint density at radius 3 is 2.66 bits per heavy atom. The molecule has 2 heterocycles. The highest BCUT2D eigenvalue weighted by atomic mass is 16.5. The largest absolute Gasteiger partial charge is 0.353 e. The van der Waals surface area contributed by atoms with Crippen molar-refractivity contribution in [2.45, 2.75) is 40.2 Å². The van der Waals surface area contributed by atoms with Crippen LogP contribution in [-0.4, -0.2) is 77.8 Å². The van der Waals surface area contributed by atoms with Gasteiger partial charge in [-0.15, -0.1) is 0 Å².